The second-order valence-electron chi connectivity index (χ2n) is 2.73. The van der Waals surface area contributed by atoms with Gasteiger partial charge in [-0.05, 0) is 24.5 Å². The van der Waals surface area contributed by atoms with Crippen LogP contribution in [-0.4, -0.2) is 11.2 Å². The normalized spacial score (nSPS) is 17.8. The second-order valence-corrected chi connectivity index (χ2v) is 3.17. The Hall–Kier alpha value is -0.840. The molecule has 0 heterocycles. The van der Waals surface area contributed by atoms with Crippen LogP contribution in [0.25, 0.3) is 0 Å². The highest BCUT2D eigenvalue weighted by Gasteiger charge is 2.33. The number of thiocarbonyl (C=S) groups is 1. The van der Waals surface area contributed by atoms with Gasteiger partial charge in [-0.15, -0.1) is 0 Å². The summed E-state index contributed by atoms with van der Waals surface area (Å²) in [5.41, 5.74) is 5.00. The Morgan fingerprint density at radius 1 is 1.46 bits per heavy atom. The molecular formula is C8H8F3NS. The quantitative estimate of drug-likeness (QED) is 0.668. The summed E-state index contributed by atoms with van der Waals surface area (Å²) >= 11 is 4.61. The molecule has 2 N–H and O–H groups in total. The van der Waals surface area contributed by atoms with Crippen molar-refractivity contribution in [1.29, 1.82) is 0 Å². The molecule has 0 bridgehead atoms. The SMILES string of the molecule is NC(=S)C1=CC(C(F)(F)F)=CCC1. The van der Waals surface area contributed by atoms with Crippen LogP contribution in [0.2, 0.25) is 0 Å². The van der Waals surface area contributed by atoms with E-state index in [1.807, 2.05) is 0 Å². The monoisotopic (exact) mass is 207 g/mol. The van der Waals surface area contributed by atoms with E-state index in [4.69, 9.17) is 5.73 Å². The number of halogens is 3. The van der Waals surface area contributed by atoms with E-state index in [0.29, 0.717) is 18.4 Å². The predicted octanol–water partition coefficient (Wildman–Crippen LogP) is 2.48. The topological polar surface area (TPSA) is 26.0 Å². The third kappa shape index (κ3) is 2.55. The third-order valence-electron chi connectivity index (χ3n) is 1.75. The maximum Gasteiger partial charge on any atom is 0.416 e. The van der Waals surface area contributed by atoms with Crippen molar-refractivity contribution < 1.29 is 13.2 Å². The molecule has 0 amide bonds. The van der Waals surface area contributed by atoms with Gasteiger partial charge in [0, 0.05) is 0 Å². The summed E-state index contributed by atoms with van der Waals surface area (Å²) in [6, 6.07) is 0. The molecule has 1 rings (SSSR count). The number of rotatable bonds is 1. The van der Waals surface area contributed by atoms with Crippen LogP contribution in [-0.2, 0) is 0 Å². The highest BCUT2D eigenvalue weighted by molar-refractivity contribution is 7.80. The summed E-state index contributed by atoms with van der Waals surface area (Å²) in [7, 11) is 0. The van der Waals surface area contributed by atoms with Crippen molar-refractivity contribution in [3.63, 3.8) is 0 Å². The van der Waals surface area contributed by atoms with E-state index in [1.54, 1.807) is 0 Å². The predicted molar refractivity (Wildman–Crippen MR) is 48.2 cm³/mol. The minimum absolute atomic E-state index is 0.0508. The smallest absolute Gasteiger partial charge is 0.390 e. The summed E-state index contributed by atoms with van der Waals surface area (Å²) in [4.78, 5) is 0.0508. The molecule has 0 aromatic rings. The van der Waals surface area contributed by atoms with E-state index in [0.717, 1.165) is 12.2 Å². The lowest BCUT2D eigenvalue weighted by molar-refractivity contribution is -0.0886. The Bertz CT molecular complexity index is 288. The van der Waals surface area contributed by atoms with Crippen molar-refractivity contribution in [3.8, 4) is 0 Å². The largest absolute Gasteiger partial charge is 0.416 e. The molecular weight excluding hydrogens is 199 g/mol. The maximum absolute atomic E-state index is 12.2. The molecule has 13 heavy (non-hydrogen) atoms. The molecule has 0 spiro atoms. The molecule has 0 saturated carbocycles. The zero-order chi connectivity index (χ0) is 10.1. The number of hydrogen-bond acceptors (Lipinski definition) is 1. The average molecular weight is 207 g/mol. The van der Waals surface area contributed by atoms with E-state index < -0.39 is 11.7 Å². The Morgan fingerprint density at radius 3 is 2.54 bits per heavy atom. The molecule has 1 aliphatic rings. The van der Waals surface area contributed by atoms with Gasteiger partial charge in [-0.3, -0.25) is 0 Å². The molecule has 0 aromatic heterocycles. The summed E-state index contributed by atoms with van der Waals surface area (Å²) in [6.07, 6.45) is -1.28. The van der Waals surface area contributed by atoms with Crippen molar-refractivity contribution in [2.24, 2.45) is 5.73 Å². The Balaban J connectivity index is 2.91. The number of nitrogens with two attached hydrogens (primary N) is 1. The van der Waals surface area contributed by atoms with Crippen molar-refractivity contribution in [1.82, 2.24) is 0 Å². The standard InChI is InChI=1S/C8H8F3NS/c9-8(10,11)6-3-1-2-5(4-6)7(12)13/h3-4H,1-2H2,(H2,12,13). The fourth-order valence-corrected chi connectivity index (χ4v) is 1.25. The minimum atomic E-state index is -4.30. The van der Waals surface area contributed by atoms with Crippen LogP contribution >= 0.6 is 12.2 Å². The van der Waals surface area contributed by atoms with E-state index in [9.17, 15) is 13.2 Å². The lowest BCUT2D eigenvalue weighted by Crippen LogP contribution is -2.17. The van der Waals surface area contributed by atoms with Crippen LogP contribution in [0.5, 0.6) is 0 Å². The number of hydrogen-bond donors (Lipinski definition) is 1. The van der Waals surface area contributed by atoms with Gasteiger partial charge in [0.05, 0.1) is 10.6 Å². The highest BCUT2D eigenvalue weighted by atomic mass is 32.1. The van der Waals surface area contributed by atoms with Crippen LogP contribution < -0.4 is 5.73 Å². The Labute approximate surface area is 79.1 Å². The molecule has 1 nitrogen and oxygen atoms in total. The molecule has 0 unspecified atom stereocenters. The maximum atomic E-state index is 12.2. The summed E-state index contributed by atoms with van der Waals surface area (Å²) < 4.78 is 36.5. The van der Waals surface area contributed by atoms with Crippen molar-refractivity contribution in [2.45, 2.75) is 19.0 Å². The minimum Gasteiger partial charge on any atom is -0.390 e. The summed E-state index contributed by atoms with van der Waals surface area (Å²) in [5.74, 6) is 0. The van der Waals surface area contributed by atoms with E-state index in [1.165, 1.54) is 0 Å². The van der Waals surface area contributed by atoms with Crippen LogP contribution in [0, 0.1) is 0 Å². The van der Waals surface area contributed by atoms with Crippen LogP contribution in [0.3, 0.4) is 0 Å². The molecule has 5 heteroatoms. The van der Waals surface area contributed by atoms with Gasteiger partial charge in [-0.2, -0.15) is 13.2 Å². The van der Waals surface area contributed by atoms with Crippen LogP contribution in [0.4, 0.5) is 13.2 Å². The van der Waals surface area contributed by atoms with Crippen LogP contribution in [0.1, 0.15) is 12.8 Å². The van der Waals surface area contributed by atoms with Gasteiger partial charge in [0.1, 0.15) is 0 Å². The summed E-state index contributed by atoms with van der Waals surface area (Å²) in [6.45, 7) is 0. The van der Waals surface area contributed by atoms with Gasteiger partial charge in [0.25, 0.3) is 0 Å². The summed E-state index contributed by atoms with van der Waals surface area (Å²) in [5, 5.41) is 0. The molecule has 0 saturated heterocycles. The van der Waals surface area contributed by atoms with E-state index in [2.05, 4.69) is 12.2 Å². The third-order valence-corrected chi connectivity index (χ3v) is 2.01. The fraction of sp³-hybridized carbons (Fsp3) is 0.375. The number of alkyl halides is 3. The average Bonchev–Trinajstić information content (AvgIpc) is 2.03. The van der Waals surface area contributed by atoms with E-state index >= 15 is 0 Å². The van der Waals surface area contributed by atoms with Gasteiger partial charge in [0.15, 0.2) is 0 Å². The molecule has 0 radical (unpaired) electrons. The van der Waals surface area contributed by atoms with Crippen molar-refractivity contribution in [3.05, 3.63) is 23.3 Å². The van der Waals surface area contributed by atoms with Gasteiger partial charge in [-0.1, -0.05) is 18.3 Å². The lowest BCUT2D eigenvalue weighted by atomic mass is 9.99. The van der Waals surface area contributed by atoms with Gasteiger partial charge >= 0.3 is 6.18 Å². The van der Waals surface area contributed by atoms with E-state index in [-0.39, 0.29) is 4.99 Å². The molecule has 72 valence electrons. The van der Waals surface area contributed by atoms with Crippen LogP contribution in [0.15, 0.2) is 23.3 Å². The molecule has 0 aliphatic heterocycles. The molecule has 1 aliphatic carbocycles. The first kappa shape index (κ1) is 10.2. The second kappa shape index (κ2) is 3.49. The zero-order valence-electron chi connectivity index (χ0n) is 6.69. The molecule has 0 aromatic carbocycles. The van der Waals surface area contributed by atoms with Crippen molar-refractivity contribution >= 4 is 17.2 Å². The molecule has 0 atom stereocenters. The van der Waals surface area contributed by atoms with Gasteiger partial charge in [0.2, 0.25) is 0 Å². The zero-order valence-corrected chi connectivity index (χ0v) is 7.50. The number of allylic oxidation sites excluding steroid dienone is 3. The highest BCUT2D eigenvalue weighted by Crippen LogP contribution is 2.31. The fourth-order valence-electron chi connectivity index (χ4n) is 1.09. The van der Waals surface area contributed by atoms with Crippen molar-refractivity contribution in [2.75, 3.05) is 0 Å². The first-order valence-corrected chi connectivity index (χ1v) is 4.10. The Morgan fingerprint density at radius 2 is 2.08 bits per heavy atom. The Kier molecular flexibility index (Phi) is 2.75. The van der Waals surface area contributed by atoms with Gasteiger partial charge in [-0.25, -0.2) is 0 Å². The first-order chi connectivity index (χ1) is 5.91. The molecule has 0 fully saturated rings. The van der Waals surface area contributed by atoms with Gasteiger partial charge < -0.3 is 5.73 Å². The first-order valence-electron chi connectivity index (χ1n) is 3.69. The lowest BCUT2D eigenvalue weighted by Gasteiger charge is -2.14.